The summed E-state index contributed by atoms with van der Waals surface area (Å²) in [4.78, 5) is 15.3. The fourth-order valence-corrected chi connectivity index (χ4v) is 5.07. The Morgan fingerprint density at radius 2 is 1.81 bits per heavy atom. The molecule has 0 spiro atoms. The molecule has 8 heteroatoms. The van der Waals surface area contributed by atoms with E-state index < -0.39 is 0 Å². The van der Waals surface area contributed by atoms with E-state index in [-0.39, 0.29) is 5.91 Å². The number of hydrogen-bond acceptors (Lipinski definition) is 6. The van der Waals surface area contributed by atoms with Gasteiger partial charge in [-0.2, -0.15) is 0 Å². The highest BCUT2D eigenvalue weighted by atomic mass is 16.7. The highest BCUT2D eigenvalue weighted by Gasteiger charge is 2.39. The summed E-state index contributed by atoms with van der Waals surface area (Å²) in [6.45, 7) is 4.49. The molecule has 8 nitrogen and oxygen atoms in total. The zero-order valence-corrected chi connectivity index (χ0v) is 17.7. The van der Waals surface area contributed by atoms with Gasteiger partial charge in [0, 0.05) is 39.1 Å². The molecule has 3 aliphatic heterocycles. The third-order valence-corrected chi connectivity index (χ3v) is 6.68. The maximum absolute atomic E-state index is 12.8. The Bertz CT molecular complexity index is 1150. The van der Waals surface area contributed by atoms with E-state index in [0.717, 1.165) is 55.5 Å². The van der Waals surface area contributed by atoms with Crippen LogP contribution in [0.2, 0.25) is 0 Å². The minimum absolute atomic E-state index is 0.165. The van der Waals surface area contributed by atoms with E-state index >= 15 is 0 Å². The first-order valence-electron chi connectivity index (χ1n) is 11.1. The van der Waals surface area contributed by atoms with Gasteiger partial charge in [-0.15, -0.1) is 10.2 Å². The van der Waals surface area contributed by atoms with Crippen LogP contribution in [0, 0.1) is 11.8 Å². The average Bonchev–Trinajstić information content (AvgIpc) is 3.53. The molecule has 2 aromatic carbocycles. The third kappa shape index (κ3) is 3.60. The van der Waals surface area contributed by atoms with Crippen molar-refractivity contribution in [3.63, 3.8) is 0 Å². The molecule has 1 N–H and O–H groups in total. The van der Waals surface area contributed by atoms with Crippen LogP contribution < -0.4 is 14.8 Å². The monoisotopic (exact) mass is 431 g/mol. The van der Waals surface area contributed by atoms with Crippen LogP contribution in [0.25, 0.3) is 0 Å². The van der Waals surface area contributed by atoms with Crippen LogP contribution in [0.3, 0.4) is 0 Å². The van der Waals surface area contributed by atoms with E-state index in [0.29, 0.717) is 31.0 Å². The van der Waals surface area contributed by atoms with Crippen LogP contribution in [0.5, 0.6) is 11.5 Å². The predicted molar refractivity (Wildman–Crippen MR) is 116 cm³/mol. The van der Waals surface area contributed by atoms with E-state index in [2.05, 4.69) is 32.5 Å². The normalized spacial score (nSPS) is 21.2. The molecule has 3 aromatic rings. The summed E-state index contributed by atoms with van der Waals surface area (Å²) in [5.41, 5.74) is 2.29. The molecule has 1 saturated heterocycles. The number of hydrogen-bond donors (Lipinski definition) is 1. The molecule has 0 saturated carbocycles. The van der Waals surface area contributed by atoms with Gasteiger partial charge in [0.25, 0.3) is 5.91 Å². The summed E-state index contributed by atoms with van der Waals surface area (Å²) in [6, 6.07) is 16.1. The summed E-state index contributed by atoms with van der Waals surface area (Å²) < 4.78 is 13.0. The second kappa shape index (κ2) is 7.94. The van der Waals surface area contributed by atoms with Gasteiger partial charge < -0.3 is 19.4 Å². The number of carbonyl (C=O) groups excluding carboxylic acids is 1. The van der Waals surface area contributed by atoms with Crippen molar-refractivity contribution in [1.29, 1.82) is 0 Å². The van der Waals surface area contributed by atoms with E-state index in [1.54, 1.807) is 0 Å². The highest BCUT2D eigenvalue weighted by Crippen LogP contribution is 2.36. The quantitative estimate of drug-likeness (QED) is 0.667. The summed E-state index contributed by atoms with van der Waals surface area (Å²) in [5.74, 6) is 3.86. The van der Waals surface area contributed by atoms with Gasteiger partial charge in [0.05, 0.1) is 0 Å². The van der Waals surface area contributed by atoms with Crippen molar-refractivity contribution in [3.05, 3.63) is 71.3 Å². The molecule has 4 heterocycles. The van der Waals surface area contributed by atoms with Crippen LogP contribution in [0.15, 0.2) is 48.5 Å². The van der Waals surface area contributed by atoms with E-state index in [1.807, 2.05) is 41.0 Å². The Hall–Kier alpha value is -3.39. The summed E-state index contributed by atoms with van der Waals surface area (Å²) in [7, 11) is 0. The van der Waals surface area contributed by atoms with E-state index in [1.165, 1.54) is 5.56 Å². The standard InChI is InChI=1S/C24H25N5O3/c30-24(25-10-16-4-2-1-3-5-16)23-27-26-22-9-18-12-28(13-19(18)14-29(22)23)11-17-6-7-20-21(8-17)32-15-31-20/h1-8,18-19H,9-15H2,(H,25,30)/t18-,19-/m1/s1. The third-order valence-electron chi connectivity index (χ3n) is 6.68. The Balaban J connectivity index is 1.10. The molecule has 0 radical (unpaired) electrons. The molecule has 1 fully saturated rings. The SMILES string of the molecule is O=C(NCc1ccccc1)c1nnc2n1C[C@H]1CN(Cc3ccc4c(c3)OCO4)C[C@H]1C2. The van der Waals surface area contributed by atoms with Crippen LogP contribution in [0.1, 0.15) is 27.6 Å². The van der Waals surface area contributed by atoms with Gasteiger partial charge in [-0.05, 0) is 35.1 Å². The molecule has 164 valence electrons. The molecule has 6 rings (SSSR count). The minimum atomic E-state index is -0.165. The van der Waals surface area contributed by atoms with Gasteiger partial charge in [0.2, 0.25) is 12.6 Å². The number of likely N-dealkylation sites (tertiary alicyclic amines) is 1. The number of rotatable bonds is 5. The Morgan fingerprint density at radius 1 is 0.969 bits per heavy atom. The van der Waals surface area contributed by atoms with Crippen LogP contribution >= 0.6 is 0 Å². The van der Waals surface area contributed by atoms with Gasteiger partial charge in [-0.3, -0.25) is 9.69 Å². The molecule has 0 unspecified atom stereocenters. The molecule has 3 aliphatic rings. The van der Waals surface area contributed by atoms with Crippen molar-refractivity contribution >= 4 is 5.91 Å². The van der Waals surface area contributed by atoms with Gasteiger partial charge in [-0.25, -0.2) is 0 Å². The number of amides is 1. The zero-order chi connectivity index (χ0) is 21.5. The molecular formula is C24H25N5O3. The lowest BCUT2D eigenvalue weighted by molar-refractivity contribution is 0.0932. The molecular weight excluding hydrogens is 406 g/mol. The van der Waals surface area contributed by atoms with E-state index in [9.17, 15) is 4.79 Å². The number of nitrogens with zero attached hydrogens (tertiary/aromatic N) is 4. The lowest BCUT2D eigenvalue weighted by Crippen LogP contribution is -2.32. The lowest BCUT2D eigenvalue weighted by Gasteiger charge is -2.25. The number of carbonyl (C=O) groups is 1. The molecule has 1 aromatic heterocycles. The van der Waals surface area contributed by atoms with Gasteiger partial charge >= 0.3 is 0 Å². The fourth-order valence-electron chi connectivity index (χ4n) is 5.07. The number of fused-ring (bicyclic) bond motifs is 3. The second-order valence-electron chi connectivity index (χ2n) is 8.82. The zero-order valence-electron chi connectivity index (χ0n) is 17.7. The van der Waals surface area contributed by atoms with Gasteiger partial charge in [0.1, 0.15) is 5.82 Å². The lowest BCUT2D eigenvalue weighted by atomic mass is 9.89. The summed E-state index contributed by atoms with van der Waals surface area (Å²) in [6.07, 6.45) is 0.862. The topological polar surface area (TPSA) is 81.5 Å². The smallest absolute Gasteiger partial charge is 0.289 e. The number of aromatic nitrogens is 3. The Labute approximate surface area is 186 Å². The van der Waals surface area contributed by atoms with Crippen molar-refractivity contribution in [3.8, 4) is 11.5 Å². The predicted octanol–water partition coefficient (Wildman–Crippen LogP) is 2.24. The van der Waals surface area contributed by atoms with Crippen molar-refractivity contribution in [1.82, 2.24) is 25.0 Å². The van der Waals surface area contributed by atoms with Crippen LogP contribution in [-0.2, 0) is 26.1 Å². The molecule has 0 aliphatic carbocycles. The second-order valence-corrected chi connectivity index (χ2v) is 8.82. The first-order valence-corrected chi connectivity index (χ1v) is 11.1. The summed E-state index contributed by atoms with van der Waals surface area (Å²) in [5, 5.41) is 11.5. The largest absolute Gasteiger partial charge is 0.454 e. The maximum Gasteiger partial charge on any atom is 0.289 e. The van der Waals surface area contributed by atoms with Crippen LogP contribution in [0.4, 0.5) is 0 Å². The van der Waals surface area contributed by atoms with Gasteiger partial charge in [0.15, 0.2) is 11.5 Å². The first kappa shape index (κ1) is 19.3. The number of ether oxygens (including phenoxy) is 2. The maximum atomic E-state index is 12.8. The van der Waals surface area contributed by atoms with Gasteiger partial charge in [-0.1, -0.05) is 36.4 Å². The summed E-state index contributed by atoms with van der Waals surface area (Å²) >= 11 is 0. The highest BCUT2D eigenvalue weighted by molar-refractivity contribution is 5.90. The van der Waals surface area contributed by atoms with E-state index in [4.69, 9.17) is 9.47 Å². The molecule has 32 heavy (non-hydrogen) atoms. The van der Waals surface area contributed by atoms with Crippen molar-refractivity contribution in [2.75, 3.05) is 19.9 Å². The number of nitrogens with one attached hydrogen (secondary N) is 1. The van der Waals surface area contributed by atoms with Crippen molar-refractivity contribution < 1.29 is 14.3 Å². The Kier molecular flexibility index (Phi) is 4.79. The van der Waals surface area contributed by atoms with Crippen molar-refractivity contribution in [2.24, 2.45) is 11.8 Å². The average molecular weight is 431 g/mol. The minimum Gasteiger partial charge on any atom is -0.454 e. The Morgan fingerprint density at radius 3 is 2.72 bits per heavy atom. The molecule has 1 amide bonds. The molecule has 0 bridgehead atoms. The first-order chi connectivity index (χ1) is 15.7. The fraction of sp³-hybridized carbons (Fsp3) is 0.375. The van der Waals surface area contributed by atoms with Crippen LogP contribution in [-0.4, -0.2) is 45.5 Å². The number of benzene rings is 2. The molecule has 2 atom stereocenters. The van der Waals surface area contributed by atoms with Crippen molar-refractivity contribution in [2.45, 2.75) is 26.1 Å².